The van der Waals surface area contributed by atoms with Crippen molar-refractivity contribution in [3.8, 4) is 5.75 Å². The summed E-state index contributed by atoms with van der Waals surface area (Å²) in [7, 11) is 1.58. The van der Waals surface area contributed by atoms with Gasteiger partial charge in [0.25, 0.3) is 11.8 Å². The fourth-order valence-corrected chi connectivity index (χ4v) is 4.60. The molecule has 0 spiro atoms. The lowest BCUT2D eigenvalue weighted by Crippen LogP contribution is -2.39. The summed E-state index contributed by atoms with van der Waals surface area (Å²) in [6, 6.07) is 14.1. The van der Waals surface area contributed by atoms with Crippen LogP contribution < -0.4 is 10.1 Å². The maximum absolute atomic E-state index is 13.0. The Hall–Kier alpha value is -2.97. The smallest absolute Gasteiger partial charge is 0.286 e. The van der Waals surface area contributed by atoms with Crippen molar-refractivity contribution in [2.75, 3.05) is 25.5 Å². The molecule has 1 aliphatic rings. The summed E-state index contributed by atoms with van der Waals surface area (Å²) in [4.78, 5) is 27.3. The summed E-state index contributed by atoms with van der Waals surface area (Å²) < 4.78 is 5.22. The molecule has 0 bridgehead atoms. The van der Waals surface area contributed by atoms with Crippen LogP contribution >= 0.6 is 22.9 Å². The largest absolute Gasteiger partial charge is 0.497 e. The van der Waals surface area contributed by atoms with Crippen LogP contribution in [0.5, 0.6) is 5.75 Å². The first-order chi connectivity index (χ1) is 15.0. The van der Waals surface area contributed by atoms with Gasteiger partial charge in [-0.1, -0.05) is 35.1 Å². The maximum atomic E-state index is 13.0. The second-order valence-corrected chi connectivity index (χ2v) is 8.68. The quantitative estimate of drug-likeness (QED) is 0.612. The van der Waals surface area contributed by atoms with E-state index >= 15 is 0 Å². The minimum Gasteiger partial charge on any atom is -0.497 e. The van der Waals surface area contributed by atoms with Gasteiger partial charge >= 0.3 is 0 Å². The third kappa shape index (κ3) is 5.03. The van der Waals surface area contributed by atoms with Crippen LogP contribution in [0.3, 0.4) is 0 Å². The lowest BCUT2D eigenvalue weighted by atomic mass is 9.98. The van der Waals surface area contributed by atoms with Crippen LogP contribution in [-0.4, -0.2) is 47.1 Å². The van der Waals surface area contributed by atoms with Gasteiger partial charge in [0, 0.05) is 35.3 Å². The predicted octanol–water partition coefficient (Wildman–Crippen LogP) is 4.47. The maximum Gasteiger partial charge on any atom is 0.286 e. The lowest BCUT2D eigenvalue weighted by Gasteiger charge is -2.31. The average molecular weight is 457 g/mol. The molecule has 1 N–H and O–H groups in total. The normalized spacial score (nSPS) is 16.1. The van der Waals surface area contributed by atoms with Crippen LogP contribution in [0.1, 0.15) is 43.9 Å². The molecular weight excluding hydrogens is 436 g/mol. The van der Waals surface area contributed by atoms with Crippen LogP contribution in [0.15, 0.2) is 48.5 Å². The zero-order chi connectivity index (χ0) is 21.8. The number of halogens is 1. The third-order valence-electron chi connectivity index (χ3n) is 5.09. The van der Waals surface area contributed by atoms with Crippen molar-refractivity contribution in [1.82, 2.24) is 15.1 Å². The van der Waals surface area contributed by atoms with Crippen molar-refractivity contribution in [3.05, 3.63) is 69.1 Å². The Morgan fingerprint density at radius 3 is 2.84 bits per heavy atom. The van der Waals surface area contributed by atoms with E-state index in [0.717, 1.165) is 17.8 Å². The first kappa shape index (κ1) is 21.3. The van der Waals surface area contributed by atoms with E-state index in [1.807, 2.05) is 17.0 Å². The molecule has 1 atom stereocenters. The number of carbonyl (C=O) groups is 2. The Morgan fingerprint density at radius 1 is 1.19 bits per heavy atom. The number of ether oxygens (including phenoxy) is 1. The second kappa shape index (κ2) is 9.45. The molecule has 0 unspecified atom stereocenters. The first-order valence-electron chi connectivity index (χ1n) is 9.87. The van der Waals surface area contributed by atoms with Gasteiger partial charge in [-0.05, 0) is 49.2 Å². The highest BCUT2D eigenvalue weighted by Crippen LogP contribution is 2.30. The molecule has 31 heavy (non-hydrogen) atoms. The molecule has 4 rings (SSSR count). The van der Waals surface area contributed by atoms with Crippen molar-refractivity contribution < 1.29 is 14.3 Å². The summed E-state index contributed by atoms with van der Waals surface area (Å²) in [5.41, 5.74) is 1.20. The monoisotopic (exact) mass is 456 g/mol. The highest BCUT2D eigenvalue weighted by atomic mass is 35.5. The molecule has 0 aliphatic carbocycles. The molecule has 1 aliphatic heterocycles. The Labute approximate surface area is 189 Å². The Kier molecular flexibility index (Phi) is 6.48. The molecule has 9 heteroatoms. The number of likely N-dealkylation sites (tertiary alicyclic amines) is 1. The number of aromatic nitrogens is 2. The average Bonchev–Trinajstić information content (AvgIpc) is 3.29. The Bertz CT molecular complexity index is 1100. The molecule has 2 heterocycles. The molecule has 160 valence electrons. The van der Waals surface area contributed by atoms with E-state index in [1.165, 1.54) is 11.3 Å². The lowest BCUT2D eigenvalue weighted by molar-refractivity contribution is 0.0706. The van der Waals surface area contributed by atoms with Crippen LogP contribution in [0.25, 0.3) is 0 Å². The number of carbonyl (C=O) groups excluding carboxylic acids is 2. The summed E-state index contributed by atoms with van der Waals surface area (Å²) in [5, 5.41) is 12.7. The fraction of sp³-hybridized carbons (Fsp3) is 0.273. The highest BCUT2D eigenvalue weighted by molar-refractivity contribution is 7.13. The molecule has 2 amide bonds. The topological polar surface area (TPSA) is 84.4 Å². The summed E-state index contributed by atoms with van der Waals surface area (Å²) in [5.74, 6) is 0.339. The van der Waals surface area contributed by atoms with Gasteiger partial charge < -0.3 is 15.0 Å². The minimum absolute atomic E-state index is 0.0351. The number of piperidine rings is 1. The van der Waals surface area contributed by atoms with E-state index < -0.39 is 0 Å². The first-order valence-corrected chi connectivity index (χ1v) is 11.1. The molecule has 7 nitrogen and oxygen atoms in total. The van der Waals surface area contributed by atoms with E-state index in [0.29, 0.717) is 35.1 Å². The van der Waals surface area contributed by atoms with E-state index in [9.17, 15) is 9.59 Å². The summed E-state index contributed by atoms with van der Waals surface area (Å²) in [6.07, 6.45) is 1.76. The van der Waals surface area contributed by atoms with Gasteiger partial charge in [0.1, 0.15) is 10.8 Å². The van der Waals surface area contributed by atoms with Gasteiger partial charge in [0.05, 0.1) is 7.11 Å². The number of rotatable bonds is 5. The standard InChI is InChI=1S/C22H21ClN4O3S/c1-30-18-9-2-5-14(11-18)22(29)27-10-4-6-15(13-27)20-25-26-21(31-20)19(28)24-17-8-3-7-16(23)12-17/h2-3,5,7-9,11-12,15H,4,6,10,13H2,1H3,(H,24,28)/t15-/m1/s1. The van der Waals surface area contributed by atoms with Gasteiger partial charge in [-0.25, -0.2) is 0 Å². The van der Waals surface area contributed by atoms with Gasteiger partial charge in [0.15, 0.2) is 0 Å². The van der Waals surface area contributed by atoms with Gasteiger partial charge in [0.2, 0.25) is 5.01 Å². The van der Waals surface area contributed by atoms with Crippen LogP contribution in [0.2, 0.25) is 5.02 Å². The summed E-state index contributed by atoms with van der Waals surface area (Å²) in [6.45, 7) is 1.23. The number of hydrogen-bond acceptors (Lipinski definition) is 6. The van der Waals surface area contributed by atoms with E-state index in [4.69, 9.17) is 16.3 Å². The number of anilines is 1. The molecule has 2 aromatic carbocycles. The molecular formula is C22H21ClN4O3S. The van der Waals surface area contributed by atoms with E-state index in [1.54, 1.807) is 43.5 Å². The summed E-state index contributed by atoms with van der Waals surface area (Å²) >= 11 is 7.23. The van der Waals surface area contributed by atoms with Crippen molar-refractivity contribution in [2.45, 2.75) is 18.8 Å². The number of amides is 2. The minimum atomic E-state index is -0.328. The number of nitrogens with one attached hydrogen (secondary N) is 1. The molecule has 1 fully saturated rings. The van der Waals surface area contributed by atoms with Gasteiger partial charge in [-0.15, -0.1) is 10.2 Å². The van der Waals surface area contributed by atoms with Crippen molar-refractivity contribution in [2.24, 2.45) is 0 Å². The number of benzene rings is 2. The Morgan fingerprint density at radius 2 is 2.03 bits per heavy atom. The molecule has 1 aromatic heterocycles. The SMILES string of the molecule is COc1cccc(C(=O)N2CCC[C@@H](c3nnc(C(=O)Nc4cccc(Cl)c4)s3)C2)c1. The van der Waals surface area contributed by atoms with Crippen molar-refractivity contribution in [3.63, 3.8) is 0 Å². The number of methoxy groups -OCH3 is 1. The van der Waals surface area contributed by atoms with E-state index in [-0.39, 0.29) is 22.7 Å². The zero-order valence-corrected chi connectivity index (χ0v) is 18.4. The van der Waals surface area contributed by atoms with Crippen molar-refractivity contribution >= 4 is 40.4 Å². The molecule has 0 radical (unpaired) electrons. The fourth-order valence-electron chi connectivity index (χ4n) is 3.54. The number of nitrogens with zero attached hydrogens (tertiary/aromatic N) is 3. The van der Waals surface area contributed by atoms with Crippen molar-refractivity contribution in [1.29, 1.82) is 0 Å². The zero-order valence-electron chi connectivity index (χ0n) is 16.9. The number of hydrogen-bond donors (Lipinski definition) is 1. The van der Waals surface area contributed by atoms with Crippen LogP contribution in [0.4, 0.5) is 5.69 Å². The molecule has 3 aromatic rings. The van der Waals surface area contributed by atoms with E-state index in [2.05, 4.69) is 15.5 Å². The van der Waals surface area contributed by atoms with Crippen LogP contribution in [-0.2, 0) is 0 Å². The van der Waals surface area contributed by atoms with Crippen LogP contribution in [0, 0.1) is 0 Å². The highest BCUT2D eigenvalue weighted by Gasteiger charge is 2.28. The third-order valence-corrected chi connectivity index (χ3v) is 6.41. The molecule has 1 saturated heterocycles. The second-order valence-electron chi connectivity index (χ2n) is 7.23. The van der Waals surface area contributed by atoms with Gasteiger partial charge in [-0.2, -0.15) is 0 Å². The van der Waals surface area contributed by atoms with Gasteiger partial charge in [-0.3, -0.25) is 9.59 Å². The predicted molar refractivity (Wildman–Crippen MR) is 120 cm³/mol. The Balaban J connectivity index is 1.43. The molecule has 0 saturated carbocycles.